The molecule has 0 heterocycles. The molecular weight excluding hydrogens is 244 g/mol. The van der Waals surface area contributed by atoms with Crippen LogP contribution in [0, 0.1) is 17.8 Å². The lowest BCUT2D eigenvalue weighted by atomic mass is 9.88. The maximum Gasteiger partial charge on any atom is 0.0786 e. The van der Waals surface area contributed by atoms with Crippen LogP contribution in [0.2, 0.25) is 5.02 Å². The molecule has 2 nitrogen and oxygen atoms in total. The van der Waals surface area contributed by atoms with Gasteiger partial charge in [-0.25, -0.2) is 0 Å². The fraction of sp³-hybridized carbons (Fsp3) is 0.600. The molecule has 2 aliphatic carbocycles. The SMILES string of the molecule is CN(CC1CC2CCC1C2)c1c(N)cccc1Cl. The van der Waals surface area contributed by atoms with E-state index in [0.717, 1.165) is 40.7 Å². The molecule has 0 amide bonds. The number of rotatable bonds is 3. The smallest absolute Gasteiger partial charge is 0.0786 e. The largest absolute Gasteiger partial charge is 0.397 e. The molecule has 0 aliphatic heterocycles. The van der Waals surface area contributed by atoms with E-state index in [1.54, 1.807) is 0 Å². The first kappa shape index (κ1) is 12.2. The van der Waals surface area contributed by atoms with Crippen LogP contribution >= 0.6 is 11.6 Å². The summed E-state index contributed by atoms with van der Waals surface area (Å²) >= 11 is 6.27. The van der Waals surface area contributed by atoms with Gasteiger partial charge in [0.15, 0.2) is 0 Å². The maximum atomic E-state index is 6.27. The number of hydrogen-bond acceptors (Lipinski definition) is 2. The second kappa shape index (κ2) is 4.65. The lowest BCUT2D eigenvalue weighted by molar-refractivity contribution is 0.337. The third kappa shape index (κ3) is 2.07. The van der Waals surface area contributed by atoms with Crippen LogP contribution in [0.15, 0.2) is 18.2 Å². The van der Waals surface area contributed by atoms with Gasteiger partial charge in [0.2, 0.25) is 0 Å². The lowest BCUT2D eigenvalue weighted by Crippen LogP contribution is -2.29. The highest BCUT2D eigenvalue weighted by Gasteiger charge is 2.39. The van der Waals surface area contributed by atoms with Gasteiger partial charge in [0.05, 0.1) is 16.4 Å². The molecule has 3 unspecified atom stereocenters. The van der Waals surface area contributed by atoms with Crippen LogP contribution < -0.4 is 10.6 Å². The number of nitrogen functional groups attached to an aromatic ring is 1. The molecule has 3 rings (SSSR count). The highest BCUT2D eigenvalue weighted by atomic mass is 35.5. The number of nitrogens with zero attached hydrogens (tertiary/aromatic N) is 1. The molecule has 0 saturated heterocycles. The summed E-state index contributed by atoms with van der Waals surface area (Å²) in [7, 11) is 2.11. The third-order valence-electron chi connectivity index (χ3n) is 4.79. The van der Waals surface area contributed by atoms with Gasteiger partial charge in [0, 0.05) is 13.6 Å². The van der Waals surface area contributed by atoms with E-state index in [1.807, 2.05) is 18.2 Å². The van der Waals surface area contributed by atoms with Gasteiger partial charge >= 0.3 is 0 Å². The van der Waals surface area contributed by atoms with Gasteiger partial charge in [-0.05, 0) is 49.1 Å². The van der Waals surface area contributed by atoms with Crippen LogP contribution in [0.4, 0.5) is 11.4 Å². The van der Waals surface area contributed by atoms with Crippen molar-refractivity contribution in [2.75, 3.05) is 24.2 Å². The zero-order chi connectivity index (χ0) is 12.7. The Bertz CT molecular complexity index is 426. The Morgan fingerprint density at radius 3 is 2.78 bits per heavy atom. The van der Waals surface area contributed by atoms with Crippen molar-refractivity contribution in [1.29, 1.82) is 0 Å². The van der Waals surface area contributed by atoms with Crippen LogP contribution in [0.5, 0.6) is 0 Å². The van der Waals surface area contributed by atoms with E-state index in [2.05, 4.69) is 11.9 Å². The zero-order valence-corrected chi connectivity index (χ0v) is 11.7. The first-order valence-corrected chi connectivity index (χ1v) is 7.28. The summed E-state index contributed by atoms with van der Waals surface area (Å²) in [6.45, 7) is 1.09. The summed E-state index contributed by atoms with van der Waals surface area (Å²) in [6.07, 6.45) is 5.75. The normalized spacial score (nSPS) is 29.8. The predicted octanol–water partition coefficient (Wildman–Crippen LogP) is 3.79. The summed E-state index contributed by atoms with van der Waals surface area (Å²) in [5.41, 5.74) is 7.83. The highest BCUT2D eigenvalue weighted by molar-refractivity contribution is 6.33. The van der Waals surface area contributed by atoms with E-state index in [0.29, 0.717) is 0 Å². The quantitative estimate of drug-likeness (QED) is 0.842. The Hall–Kier alpha value is -0.890. The van der Waals surface area contributed by atoms with E-state index < -0.39 is 0 Å². The Morgan fingerprint density at radius 1 is 1.33 bits per heavy atom. The van der Waals surface area contributed by atoms with Crippen molar-refractivity contribution in [2.24, 2.45) is 17.8 Å². The maximum absolute atomic E-state index is 6.27. The lowest BCUT2D eigenvalue weighted by Gasteiger charge is -2.29. The standard InChI is InChI=1S/C15H21ClN2/c1-18(15-13(16)3-2-4-14(15)17)9-12-8-10-5-6-11(12)7-10/h2-4,10-12H,5-9,17H2,1H3. The fourth-order valence-corrected chi connectivity index (χ4v) is 4.30. The number of benzene rings is 1. The summed E-state index contributed by atoms with van der Waals surface area (Å²) in [5.74, 6) is 2.78. The fourth-order valence-electron chi connectivity index (χ4n) is 3.98. The van der Waals surface area contributed by atoms with E-state index in [4.69, 9.17) is 17.3 Å². The number of anilines is 2. The summed E-state index contributed by atoms with van der Waals surface area (Å²) in [4.78, 5) is 2.25. The van der Waals surface area contributed by atoms with Gasteiger partial charge in [0.1, 0.15) is 0 Å². The number of para-hydroxylation sites is 1. The van der Waals surface area contributed by atoms with Gasteiger partial charge in [-0.3, -0.25) is 0 Å². The van der Waals surface area contributed by atoms with Crippen molar-refractivity contribution in [3.8, 4) is 0 Å². The minimum Gasteiger partial charge on any atom is -0.397 e. The van der Waals surface area contributed by atoms with E-state index >= 15 is 0 Å². The van der Waals surface area contributed by atoms with Gasteiger partial charge in [-0.1, -0.05) is 24.1 Å². The van der Waals surface area contributed by atoms with Crippen molar-refractivity contribution in [1.82, 2.24) is 0 Å². The van der Waals surface area contributed by atoms with Crippen molar-refractivity contribution in [3.05, 3.63) is 23.2 Å². The number of fused-ring (bicyclic) bond motifs is 2. The molecule has 18 heavy (non-hydrogen) atoms. The van der Waals surface area contributed by atoms with Gasteiger partial charge < -0.3 is 10.6 Å². The molecule has 2 N–H and O–H groups in total. The molecule has 0 aromatic heterocycles. The predicted molar refractivity (Wildman–Crippen MR) is 78.1 cm³/mol. The van der Waals surface area contributed by atoms with Crippen LogP contribution in [0.3, 0.4) is 0 Å². The summed E-state index contributed by atoms with van der Waals surface area (Å²) < 4.78 is 0. The average Bonchev–Trinajstić information content (AvgIpc) is 2.90. The molecule has 1 aromatic rings. The zero-order valence-electron chi connectivity index (χ0n) is 10.9. The summed E-state index contributed by atoms with van der Waals surface area (Å²) in [5, 5.41) is 0.764. The number of hydrogen-bond donors (Lipinski definition) is 1. The van der Waals surface area contributed by atoms with Gasteiger partial charge in [-0.15, -0.1) is 0 Å². The first-order chi connectivity index (χ1) is 8.65. The van der Waals surface area contributed by atoms with Crippen molar-refractivity contribution >= 4 is 23.0 Å². The van der Waals surface area contributed by atoms with E-state index in [-0.39, 0.29) is 0 Å². The Kier molecular flexibility index (Phi) is 3.14. The monoisotopic (exact) mass is 264 g/mol. The van der Waals surface area contributed by atoms with Crippen molar-refractivity contribution in [2.45, 2.75) is 25.7 Å². The molecule has 3 atom stereocenters. The molecule has 1 aromatic carbocycles. The van der Waals surface area contributed by atoms with Crippen LogP contribution in [0.25, 0.3) is 0 Å². The highest BCUT2D eigenvalue weighted by Crippen LogP contribution is 2.49. The molecular formula is C15H21ClN2. The van der Waals surface area contributed by atoms with Crippen molar-refractivity contribution < 1.29 is 0 Å². The second-order valence-electron chi connectivity index (χ2n) is 5.99. The molecule has 98 valence electrons. The van der Waals surface area contributed by atoms with E-state index in [9.17, 15) is 0 Å². The molecule has 0 spiro atoms. The minimum atomic E-state index is 0.764. The van der Waals surface area contributed by atoms with Crippen molar-refractivity contribution in [3.63, 3.8) is 0 Å². The van der Waals surface area contributed by atoms with Crippen LogP contribution in [-0.2, 0) is 0 Å². The van der Waals surface area contributed by atoms with Crippen LogP contribution in [-0.4, -0.2) is 13.6 Å². The van der Waals surface area contributed by atoms with Gasteiger partial charge in [0.25, 0.3) is 0 Å². The number of halogens is 1. The summed E-state index contributed by atoms with van der Waals surface area (Å²) in [6, 6.07) is 5.76. The molecule has 2 saturated carbocycles. The molecule has 2 aliphatic rings. The molecule has 0 radical (unpaired) electrons. The molecule has 2 bridgehead atoms. The van der Waals surface area contributed by atoms with Crippen LogP contribution in [0.1, 0.15) is 25.7 Å². The Morgan fingerprint density at radius 2 is 2.17 bits per heavy atom. The first-order valence-electron chi connectivity index (χ1n) is 6.90. The number of nitrogens with two attached hydrogens (primary N) is 1. The minimum absolute atomic E-state index is 0.764. The Balaban J connectivity index is 1.73. The molecule has 3 heteroatoms. The van der Waals surface area contributed by atoms with E-state index in [1.165, 1.54) is 25.7 Å². The third-order valence-corrected chi connectivity index (χ3v) is 5.10. The average molecular weight is 265 g/mol. The second-order valence-corrected chi connectivity index (χ2v) is 6.40. The molecule has 2 fully saturated rings. The Labute approximate surface area is 114 Å². The topological polar surface area (TPSA) is 29.3 Å². The van der Waals surface area contributed by atoms with Gasteiger partial charge in [-0.2, -0.15) is 0 Å².